The first-order valence-electron chi connectivity index (χ1n) is 7.27. The fourth-order valence-corrected chi connectivity index (χ4v) is 3.32. The van der Waals surface area contributed by atoms with Crippen LogP contribution >= 0.6 is 0 Å². The SMILES string of the molecule is Fc1nc(F)c(F)c(N2CCC(N3CCCC3)CC2)c1F. The highest BCUT2D eigenvalue weighted by molar-refractivity contribution is 5.48. The van der Waals surface area contributed by atoms with E-state index < -0.39 is 29.2 Å². The molecule has 3 heterocycles. The Morgan fingerprint density at radius 2 is 1.33 bits per heavy atom. The maximum absolute atomic E-state index is 13.7. The second-order valence-corrected chi connectivity index (χ2v) is 5.63. The summed E-state index contributed by atoms with van der Waals surface area (Å²) in [5.41, 5.74) is -0.625. The number of anilines is 1. The van der Waals surface area contributed by atoms with Gasteiger partial charge in [-0.25, -0.2) is 0 Å². The summed E-state index contributed by atoms with van der Waals surface area (Å²) in [6.07, 6.45) is 3.85. The molecule has 0 spiro atoms. The number of nitrogens with zero attached hydrogens (tertiary/aromatic N) is 3. The molecule has 1 aromatic heterocycles. The lowest BCUT2D eigenvalue weighted by atomic mass is 10.0. The first kappa shape index (κ1) is 14.6. The Bertz CT molecular complexity index is 497. The Kier molecular flexibility index (Phi) is 4.01. The van der Waals surface area contributed by atoms with Gasteiger partial charge in [-0.2, -0.15) is 22.5 Å². The van der Waals surface area contributed by atoms with Crippen LogP contribution in [0.15, 0.2) is 0 Å². The van der Waals surface area contributed by atoms with E-state index in [1.54, 1.807) is 0 Å². The van der Waals surface area contributed by atoms with E-state index in [0.29, 0.717) is 19.1 Å². The van der Waals surface area contributed by atoms with Crippen molar-refractivity contribution in [2.24, 2.45) is 0 Å². The summed E-state index contributed by atoms with van der Waals surface area (Å²) in [4.78, 5) is 6.35. The average molecular weight is 303 g/mol. The Labute approximate surface area is 120 Å². The topological polar surface area (TPSA) is 19.4 Å². The van der Waals surface area contributed by atoms with E-state index in [1.807, 2.05) is 0 Å². The second-order valence-electron chi connectivity index (χ2n) is 5.63. The Hall–Kier alpha value is -1.37. The molecule has 1 aromatic rings. The summed E-state index contributed by atoms with van der Waals surface area (Å²) >= 11 is 0. The van der Waals surface area contributed by atoms with E-state index in [0.717, 1.165) is 25.9 Å². The molecule has 3 rings (SSSR count). The predicted octanol–water partition coefficient (Wildman–Crippen LogP) is 2.70. The van der Waals surface area contributed by atoms with E-state index in [-0.39, 0.29) is 0 Å². The number of piperidine rings is 1. The van der Waals surface area contributed by atoms with E-state index in [1.165, 1.54) is 17.7 Å². The van der Waals surface area contributed by atoms with Gasteiger partial charge in [0.05, 0.1) is 0 Å². The molecule has 0 N–H and O–H groups in total. The van der Waals surface area contributed by atoms with Gasteiger partial charge >= 0.3 is 0 Å². The molecule has 0 saturated carbocycles. The normalized spacial score (nSPS) is 21.2. The fourth-order valence-electron chi connectivity index (χ4n) is 3.32. The van der Waals surface area contributed by atoms with Gasteiger partial charge in [0.15, 0.2) is 0 Å². The van der Waals surface area contributed by atoms with E-state index in [4.69, 9.17) is 0 Å². The summed E-state index contributed by atoms with van der Waals surface area (Å²) in [7, 11) is 0. The lowest BCUT2D eigenvalue weighted by molar-refractivity contribution is 0.207. The fraction of sp³-hybridized carbons (Fsp3) is 0.643. The Balaban J connectivity index is 1.75. The molecule has 0 radical (unpaired) electrons. The van der Waals surface area contributed by atoms with Crippen LogP contribution in [-0.2, 0) is 0 Å². The van der Waals surface area contributed by atoms with Crippen molar-refractivity contribution in [3.63, 3.8) is 0 Å². The molecule has 0 atom stereocenters. The van der Waals surface area contributed by atoms with Crippen molar-refractivity contribution < 1.29 is 17.6 Å². The van der Waals surface area contributed by atoms with Gasteiger partial charge < -0.3 is 9.80 Å². The van der Waals surface area contributed by atoms with Crippen LogP contribution in [0.4, 0.5) is 23.2 Å². The molecule has 21 heavy (non-hydrogen) atoms. The monoisotopic (exact) mass is 303 g/mol. The van der Waals surface area contributed by atoms with Gasteiger partial charge in [0, 0.05) is 19.1 Å². The summed E-state index contributed by atoms with van der Waals surface area (Å²) in [6, 6.07) is 0.395. The van der Waals surface area contributed by atoms with Crippen molar-refractivity contribution >= 4 is 5.69 Å². The zero-order valence-electron chi connectivity index (χ0n) is 11.6. The van der Waals surface area contributed by atoms with Gasteiger partial charge in [-0.15, -0.1) is 0 Å². The van der Waals surface area contributed by atoms with Crippen LogP contribution < -0.4 is 4.90 Å². The van der Waals surface area contributed by atoms with Crippen LogP contribution in [-0.4, -0.2) is 42.1 Å². The van der Waals surface area contributed by atoms with Crippen LogP contribution in [0.1, 0.15) is 25.7 Å². The van der Waals surface area contributed by atoms with Crippen molar-refractivity contribution in [3.8, 4) is 0 Å². The highest BCUT2D eigenvalue weighted by atomic mass is 19.2. The van der Waals surface area contributed by atoms with Crippen molar-refractivity contribution in [2.75, 3.05) is 31.1 Å². The Morgan fingerprint density at radius 3 is 1.86 bits per heavy atom. The van der Waals surface area contributed by atoms with Gasteiger partial charge in [0.2, 0.25) is 11.6 Å². The lowest BCUT2D eigenvalue weighted by Gasteiger charge is -2.37. The molecular weight excluding hydrogens is 286 g/mol. The minimum atomic E-state index is -1.59. The molecule has 0 aliphatic carbocycles. The quantitative estimate of drug-likeness (QED) is 0.618. The van der Waals surface area contributed by atoms with E-state index >= 15 is 0 Å². The van der Waals surface area contributed by atoms with E-state index in [2.05, 4.69) is 9.88 Å². The van der Waals surface area contributed by atoms with Gasteiger partial charge in [0.25, 0.3) is 11.9 Å². The summed E-state index contributed by atoms with van der Waals surface area (Å²) in [5.74, 6) is -6.00. The van der Waals surface area contributed by atoms with Crippen molar-refractivity contribution in [1.82, 2.24) is 9.88 Å². The first-order chi connectivity index (χ1) is 10.1. The highest BCUT2D eigenvalue weighted by Crippen LogP contribution is 2.30. The molecular formula is C14H17F4N3. The van der Waals surface area contributed by atoms with Crippen LogP contribution in [0.2, 0.25) is 0 Å². The predicted molar refractivity (Wildman–Crippen MR) is 70.1 cm³/mol. The first-order valence-corrected chi connectivity index (χ1v) is 7.27. The van der Waals surface area contributed by atoms with Gasteiger partial charge in [0.1, 0.15) is 5.69 Å². The lowest BCUT2D eigenvalue weighted by Crippen LogP contribution is -2.44. The summed E-state index contributed by atoms with van der Waals surface area (Å²) < 4.78 is 53.8. The van der Waals surface area contributed by atoms with Gasteiger partial charge in [-0.3, -0.25) is 0 Å². The maximum Gasteiger partial charge on any atom is 0.253 e. The zero-order valence-corrected chi connectivity index (χ0v) is 11.6. The Morgan fingerprint density at radius 1 is 0.810 bits per heavy atom. The zero-order chi connectivity index (χ0) is 15.0. The molecule has 0 aromatic carbocycles. The van der Waals surface area contributed by atoms with Crippen molar-refractivity contribution in [2.45, 2.75) is 31.7 Å². The van der Waals surface area contributed by atoms with Crippen molar-refractivity contribution in [3.05, 3.63) is 23.5 Å². The molecule has 3 nitrogen and oxygen atoms in total. The number of pyridine rings is 1. The smallest absolute Gasteiger partial charge is 0.253 e. The third-order valence-electron chi connectivity index (χ3n) is 4.41. The third-order valence-corrected chi connectivity index (χ3v) is 4.41. The van der Waals surface area contributed by atoms with Gasteiger partial charge in [-0.1, -0.05) is 0 Å². The minimum absolute atomic E-state index is 0.387. The molecule has 0 bridgehead atoms. The van der Waals surface area contributed by atoms with Crippen LogP contribution in [0, 0.1) is 23.5 Å². The van der Waals surface area contributed by atoms with E-state index in [9.17, 15) is 17.6 Å². The van der Waals surface area contributed by atoms with Crippen molar-refractivity contribution in [1.29, 1.82) is 0 Å². The molecule has 0 amide bonds. The van der Waals surface area contributed by atoms with Crippen LogP contribution in [0.25, 0.3) is 0 Å². The number of likely N-dealkylation sites (tertiary alicyclic amines) is 1. The third kappa shape index (κ3) is 2.71. The molecule has 2 aliphatic rings. The second kappa shape index (κ2) is 5.79. The standard InChI is InChI=1S/C14H17F4N3/c15-10-12(11(16)14(18)19-13(10)17)21-7-3-9(4-8-21)20-5-1-2-6-20/h9H,1-8H2. The maximum atomic E-state index is 13.7. The number of hydrogen-bond acceptors (Lipinski definition) is 3. The molecule has 2 aliphatic heterocycles. The van der Waals surface area contributed by atoms with Gasteiger partial charge in [-0.05, 0) is 38.8 Å². The van der Waals surface area contributed by atoms with Crippen LogP contribution in [0.3, 0.4) is 0 Å². The largest absolute Gasteiger partial charge is 0.366 e. The number of hydrogen-bond donors (Lipinski definition) is 0. The number of aromatic nitrogens is 1. The highest BCUT2D eigenvalue weighted by Gasteiger charge is 2.31. The average Bonchev–Trinajstić information content (AvgIpc) is 3.00. The summed E-state index contributed by atoms with van der Waals surface area (Å²) in [5, 5.41) is 0. The van der Waals surface area contributed by atoms with Crippen LogP contribution in [0.5, 0.6) is 0 Å². The molecule has 2 fully saturated rings. The number of rotatable bonds is 2. The minimum Gasteiger partial charge on any atom is -0.366 e. The molecule has 2 saturated heterocycles. The summed E-state index contributed by atoms with van der Waals surface area (Å²) in [6.45, 7) is 2.90. The molecule has 0 unspecified atom stereocenters. The molecule has 116 valence electrons. The molecule has 7 heteroatoms. The number of halogens is 4.